The third-order valence-electron chi connectivity index (χ3n) is 4.34. The summed E-state index contributed by atoms with van der Waals surface area (Å²) in [6.45, 7) is 5.79. The fourth-order valence-electron chi connectivity index (χ4n) is 2.90. The molecule has 1 aliphatic rings. The Morgan fingerprint density at radius 1 is 1.43 bits per heavy atom. The number of carbonyl (C=O) groups excluding carboxylic acids is 1. The van der Waals surface area contributed by atoms with Crippen molar-refractivity contribution in [3.05, 3.63) is 35.1 Å². The van der Waals surface area contributed by atoms with E-state index in [-0.39, 0.29) is 17.6 Å². The Hall–Kier alpha value is -1.42. The van der Waals surface area contributed by atoms with Crippen LogP contribution < -0.4 is 0 Å². The van der Waals surface area contributed by atoms with Crippen molar-refractivity contribution >= 4 is 5.91 Å². The molecular formula is C17H25FN2O. The van der Waals surface area contributed by atoms with Gasteiger partial charge in [0, 0.05) is 25.2 Å². The molecular weight excluding hydrogens is 267 g/mol. The van der Waals surface area contributed by atoms with E-state index in [1.165, 1.54) is 18.6 Å². The Bertz CT molecular complexity index is 516. The normalized spacial score (nSPS) is 19.2. The van der Waals surface area contributed by atoms with Crippen molar-refractivity contribution < 1.29 is 9.18 Å². The highest BCUT2D eigenvalue weighted by molar-refractivity contribution is 5.94. The van der Waals surface area contributed by atoms with Crippen LogP contribution in [0.5, 0.6) is 0 Å². The standard InChI is InChI=1S/C17H25FN2O/c1-12(2)13-8-14(10-15(18)9-13)17(21)20(4)11-16-6-5-7-19(16)3/h8-10,12,16H,5-7,11H2,1-4H3. The van der Waals surface area contributed by atoms with Crippen molar-refractivity contribution in [3.63, 3.8) is 0 Å². The zero-order chi connectivity index (χ0) is 15.6. The molecule has 1 atom stereocenters. The number of halogens is 1. The summed E-state index contributed by atoms with van der Waals surface area (Å²) >= 11 is 0. The molecule has 1 aromatic carbocycles. The Morgan fingerprint density at radius 3 is 2.71 bits per heavy atom. The number of rotatable bonds is 4. The van der Waals surface area contributed by atoms with Gasteiger partial charge in [0.15, 0.2) is 0 Å². The van der Waals surface area contributed by atoms with Gasteiger partial charge in [0.25, 0.3) is 5.91 Å². The number of likely N-dealkylation sites (tertiary alicyclic amines) is 1. The average Bonchev–Trinajstić information content (AvgIpc) is 2.82. The van der Waals surface area contributed by atoms with E-state index in [1.807, 2.05) is 19.9 Å². The summed E-state index contributed by atoms with van der Waals surface area (Å²) in [6.07, 6.45) is 2.30. The van der Waals surface area contributed by atoms with Crippen LogP contribution in [0, 0.1) is 5.82 Å². The largest absolute Gasteiger partial charge is 0.340 e. The van der Waals surface area contributed by atoms with E-state index < -0.39 is 0 Å². The molecule has 1 aliphatic heterocycles. The molecule has 2 rings (SSSR count). The molecule has 0 aromatic heterocycles. The van der Waals surface area contributed by atoms with E-state index in [9.17, 15) is 9.18 Å². The molecule has 116 valence electrons. The first-order valence-electron chi connectivity index (χ1n) is 7.64. The highest BCUT2D eigenvalue weighted by atomic mass is 19.1. The molecule has 1 heterocycles. The van der Waals surface area contributed by atoms with Gasteiger partial charge in [-0.1, -0.05) is 13.8 Å². The first-order valence-corrected chi connectivity index (χ1v) is 7.64. The summed E-state index contributed by atoms with van der Waals surface area (Å²) in [7, 11) is 3.89. The summed E-state index contributed by atoms with van der Waals surface area (Å²) in [6, 6.07) is 5.07. The van der Waals surface area contributed by atoms with Gasteiger partial charge in [0.05, 0.1) is 0 Å². The van der Waals surface area contributed by atoms with Crippen LogP contribution in [-0.2, 0) is 0 Å². The number of carbonyl (C=O) groups is 1. The van der Waals surface area contributed by atoms with Gasteiger partial charge in [0.2, 0.25) is 0 Å². The molecule has 0 N–H and O–H groups in total. The molecule has 1 fully saturated rings. The van der Waals surface area contributed by atoms with Crippen LogP contribution >= 0.6 is 0 Å². The molecule has 0 bridgehead atoms. The van der Waals surface area contributed by atoms with E-state index in [4.69, 9.17) is 0 Å². The molecule has 0 radical (unpaired) electrons. The maximum Gasteiger partial charge on any atom is 0.253 e. The minimum absolute atomic E-state index is 0.100. The summed E-state index contributed by atoms with van der Waals surface area (Å²) in [4.78, 5) is 16.5. The summed E-state index contributed by atoms with van der Waals surface area (Å²) in [5.74, 6) is -0.230. The minimum atomic E-state index is -0.337. The van der Waals surface area contributed by atoms with Crippen molar-refractivity contribution in [2.75, 3.05) is 27.2 Å². The molecule has 3 nitrogen and oxygen atoms in total. The number of hydrogen-bond donors (Lipinski definition) is 0. The number of benzene rings is 1. The molecule has 1 unspecified atom stereocenters. The minimum Gasteiger partial charge on any atom is -0.340 e. The van der Waals surface area contributed by atoms with E-state index in [1.54, 1.807) is 11.9 Å². The molecule has 21 heavy (non-hydrogen) atoms. The average molecular weight is 292 g/mol. The van der Waals surface area contributed by atoms with Gasteiger partial charge in [0.1, 0.15) is 5.82 Å². The van der Waals surface area contributed by atoms with Crippen molar-refractivity contribution in [3.8, 4) is 0 Å². The fourth-order valence-corrected chi connectivity index (χ4v) is 2.90. The number of nitrogens with zero attached hydrogens (tertiary/aromatic N) is 2. The quantitative estimate of drug-likeness (QED) is 0.851. The van der Waals surface area contributed by atoms with E-state index >= 15 is 0 Å². The van der Waals surface area contributed by atoms with Crippen molar-refractivity contribution in [1.29, 1.82) is 0 Å². The van der Waals surface area contributed by atoms with Crippen LogP contribution in [0.25, 0.3) is 0 Å². The van der Waals surface area contributed by atoms with Gasteiger partial charge in [-0.2, -0.15) is 0 Å². The maximum atomic E-state index is 13.7. The predicted octanol–water partition coefficient (Wildman–Crippen LogP) is 3.12. The zero-order valence-electron chi connectivity index (χ0n) is 13.4. The predicted molar refractivity (Wildman–Crippen MR) is 83.1 cm³/mol. The van der Waals surface area contributed by atoms with Gasteiger partial charge in [-0.3, -0.25) is 4.79 Å². The summed E-state index contributed by atoms with van der Waals surface area (Å²) < 4.78 is 13.7. The van der Waals surface area contributed by atoms with Crippen LogP contribution in [0.1, 0.15) is 48.5 Å². The smallest absolute Gasteiger partial charge is 0.253 e. The van der Waals surface area contributed by atoms with Crippen LogP contribution in [-0.4, -0.2) is 48.9 Å². The number of likely N-dealkylation sites (N-methyl/N-ethyl adjacent to an activating group) is 2. The van der Waals surface area contributed by atoms with E-state index in [0.717, 1.165) is 18.5 Å². The van der Waals surface area contributed by atoms with E-state index in [0.29, 0.717) is 18.2 Å². The van der Waals surface area contributed by atoms with Gasteiger partial charge in [-0.15, -0.1) is 0 Å². The monoisotopic (exact) mass is 292 g/mol. The molecule has 0 spiro atoms. The lowest BCUT2D eigenvalue weighted by molar-refractivity contribution is 0.0761. The Morgan fingerprint density at radius 2 is 2.14 bits per heavy atom. The van der Waals surface area contributed by atoms with Crippen LogP contribution in [0.2, 0.25) is 0 Å². The van der Waals surface area contributed by atoms with Gasteiger partial charge in [-0.05, 0) is 56.1 Å². The summed E-state index contributed by atoms with van der Waals surface area (Å²) in [5, 5.41) is 0. The summed E-state index contributed by atoms with van der Waals surface area (Å²) in [5.41, 5.74) is 1.31. The van der Waals surface area contributed by atoms with Gasteiger partial charge < -0.3 is 9.80 Å². The zero-order valence-corrected chi connectivity index (χ0v) is 13.4. The number of hydrogen-bond acceptors (Lipinski definition) is 2. The maximum absolute atomic E-state index is 13.7. The number of amides is 1. The SMILES string of the molecule is CC(C)c1cc(F)cc(C(=O)N(C)CC2CCCN2C)c1. The topological polar surface area (TPSA) is 23.6 Å². The lowest BCUT2D eigenvalue weighted by Gasteiger charge is -2.26. The first-order chi connectivity index (χ1) is 9.88. The first kappa shape index (κ1) is 16.0. The second-order valence-electron chi connectivity index (χ2n) is 6.39. The van der Waals surface area contributed by atoms with Crippen LogP contribution in [0.4, 0.5) is 4.39 Å². The van der Waals surface area contributed by atoms with Crippen LogP contribution in [0.15, 0.2) is 18.2 Å². The van der Waals surface area contributed by atoms with Crippen molar-refractivity contribution in [2.24, 2.45) is 0 Å². The lowest BCUT2D eigenvalue weighted by atomic mass is 10.00. The van der Waals surface area contributed by atoms with Crippen molar-refractivity contribution in [2.45, 2.75) is 38.6 Å². The van der Waals surface area contributed by atoms with Crippen LogP contribution in [0.3, 0.4) is 0 Å². The Kier molecular flexibility index (Phi) is 4.99. The molecule has 0 saturated carbocycles. The second kappa shape index (κ2) is 6.56. The molecule has 0 aliphatic carbocycles. The second-order valence-corrected chi connectivity index (χ2v) is 6.39. The van der Waals surface area contributed by atoms with Gasteiger partial charge >= 0.3 is 0 Å². The molecule has 1 amide bonds. The van der Waals surface area contributed by atoms with Crippen molar-refractivity contribution in [1.82, 2.24) is 9.80 Å². The third kappa shape index (κ3) is 3.82. The molecule has 1 saturated heterocycles. The highest BCUT2D eigenvalue weighted by Crippen LogP contribution is 2.20. The van der Waals surface area contributed by atoms with Gasteiger partial charge in [-0.25, -0.2) is 4.39 Å². The molecule has 4 heteroatoms. The fraction of sp³-hybridized carbons (Fsp3) is 0.588. The third-order valence-corrected chi connectivity index (χ3v) is 4.34. The Labute approximate surface area is 126 Å². The lowest BCUT2D eigenvalue weighted by Crippen LogP contribution is -2.39. The highest BCUT2D eigenvalue weighted by Gasteiger charge is 2.24. The molecule has 1 aromatic rings. The van der Waals surface area contributed by atoms with E-state index in [2.05, 4.69) is 11.9 Å². The Balaban J connectivity index is 2.11.